The fourth-order valence-corrected chi connectivity index (χ4v) is 2.90. The Hall–Kier alpha value is -2.82. The van der Waals surface area contributed by atoms with Crippen molar-refractivity contribution < 1.29 is 4.79 Å². The number of aliphatic imine (C=N–C) groups is 1. The van der Waals surface area contributed by atoms with E-state index in [9.17, 15) is 4.79 Å². The average molecular weight is 395 g/mol. The molecule has 0 fully saturated rings. The van der Waals surface area contributed by atoms with Crippen LogP contribution in [-0.4, -0.2) is 31.0 Å². The first kappa shape index (κ1) is 22.5. The molecule has 0 saturated heterocycles. The molecule has 5 heteroatoms. The third kappa shape index (κ3) is 7.98. The van der Waals surface area contributed by atoms with Gasteiger partial charge in [0.05, 0.1) is 0 Å². The summed E-state index contributed by atoms with van der Waals surface area (Å²) in [6, 6.07) is 18.7. The lowest BCUT2D eigenvalue weighted by Crippen LogP contribution is -2.42. The number of hydrogen-bond donors (Lipinski definition) is 3. The molecule has 29 heavy (non-hydrogen) atoms. The van der Waals surface area contributed by atoms with E-state index in [-0.39, 0.29) is 11.9 Å². The first-order chi connectivity index (χ1) is 14.0. The molecule has 5 nitrogen and oxygen atoms in total. The molecule has 0 heterocycles. The van der Waals surface area contributed by atoms with Crippen LogP contribution in [0.15, 0.2) is 59.6 Å². The van der Waals surface area contributed by atoms with Crippen LogP contribution in [0.2, 0.25) is 0 Å². The van der Waals surface area contributed by atoms with E-state index in [1.54, 1.807) is 7.05 Å². The number of guanidine groups is 1. The number of rotatable bonds is 9. The number of amides is 1. The van der Waals surface area contributed by atoms with Crippen molar-refractivity contribution in [2.45, 2.75) is 58.7 Å². The van der Waals surface area contributed by atoms with Crippen LogP contribution < -0.4 is 16.0 Å². The van der Waals surface area contributed by atoms with Gasteiger partial charge in [0.25, 0.3) is 5.91 Å². The van der Waals surface area contributed by atoms with Gasteiger partial charge < -0.3 is 16.0 Å². The number of hydrogen-bond acceptors (Lipinski definition) is 2. The van der Waals surface area contributed by atoms with Gasteiger partial charge in [-0.15, -0.1) is 0 Å². The Morgan fingerprint density at radius 2 is 1.62 bits per heavy atom. The Labute approximate surface area is 175 Å². The molecule has 0 bridgehead atoms. The monoisotopic (exact) mass is 394 g/mol. The Balaban J connectivity index is 1.78. The molecule has 3 N–H and O–H groups in total. The van der Waals surface area contributed by atoms with Gasteiger partial charge in [-0.25, -0.2) is 0 Å². The van der Waals surface area contributed by atoms with Gasteiger partial charge in [0, 0.05) is 31.2 Å². The van der Waals surface area contributed by atoms with Crippen molar-refractivity contribution in [2.24, 2.45) is 4.99 Å². The van der Waals surface area contributed by atoms with Crippen LogP contribution in [0.3, 0.4) is 0 Å². The topological polar surface area (TPSA) is 65.5 Å². The van der Waals surface area contributed by atoms with E-state index in [2.05, 4.69) is 59.1 Å². The lowest BCUT2D eigenvalue weighted by Gasteiger charge is -2.18. The number of carbonyl (C=O) groups is 1. The number of nitrogens with one attached hydrogen (secondary N) is 3. The highest BCUT2D eigenvalue weighted by Gasteiger charge is 2.09. The zero-order valence-corrected chi connectivity index (χ0v) is 18.0. The predicted octanol–water partition coefficient (Wildman–Crippen LogP) is 3.90. The molecule has 2 aromatic carbocycles. The van der Waals surface area contributed by atoms with Gasteiger partial charge in [-0.2, -0.15) is 0 Å². The van der Waals surface area contributed by atoms with E-state index in [1.807, 2.05) is 37.3 Å². The molecular weight excluding hydrogens is 360 g/mol. The van der Waals surface area contributed by atoms with Crippen LogP contribution >= 0.6 is 0 Å². The van der Waals surface area contributed by atoms with Gasteiger partial charge in [0.15, 0.2) is 5.96 Å². The summed E-state index contributed by atoms with van der Waals surface area (Å²) in [6.45, 7) is 6.89. The van der Waals surface area contributed by atoms with Crippen molar-refractivity contribution >= 4 is 11.9 Å². The van der Waals surface area contributed by atoms with Crippen molar-refractivity contribution in [3.63, 3.8) is 0 Å². The molecule has 0 spiro atoms. The summed E-state index contributed by atoms with van der Waals surface area (Å²) in [7, 11) is 1.78. The lowest BCUT2D eigenvalue weighted by molar-refractivity contribution is 0.0939. The molecule has 0 aliphatic rings. The number of carbonyl (C=O) groups excluding carboxylic acids is 1. The highest BCUT2D eigenvalue weighted by Crippen LogP contribution is 2.06. The van der Waals surface area contributed by atoms with Crippen molar-refractivity contribution in [3.05, 3.63) is 71.3 Å². The molecule has 0 aromatic heterocycles. The first-order valence-corrected chi connectivity index (χ1v) is 10.4. The average Bonchev–Trinajstić information content (AvgIpc) is 2.76. The SMILES string of the molecule is CCC(C)NC(=O)c1ccc(CNC(=NC)NC(C)CCc2ccccc2)cc1. The fraction of sp³-hybridized carbons (Fsp3) is 0.417. The van der Waals surface area contributed by atoms with E-state index in [4.69, 9.17) is 0 Å². The normalized spacial score (nSPS) is 13.4. The zero-order chi connectivity index (χ0) is 21.1. The van der Waals surface area contributed by atoms with E-state index in [0.717, 1.165) is 30.8 Å². The molecule has 0 aliphatic carbocycles. The summed E-state index contributed by atoms with van der Waals surface area (Å²) in [5, 5.41) is 9.77. The number of aryl methyl sites for hydroxylation is 1. The largest absolute Gasteiger partial charge is 0.354 e. The van der Waals surface area contributed by atoms with Crippen LogP contribution in [0.5, 0.6) is 0 Å². The molecule has 0 saturated carbocycles. The molecule has 1 amide bonds. The Bertz CT molecular complexity index is 771. The highest BCUT2D eigenvalue weighted by molar-refractivity contribution is 5.94. The van der Waals surface area contributed by atoms with E-state index >= 15 is 0 Å². The maximum atomic E-state index is 12.2. The van der Waals surface area contributed by atoms with Gasteiger partial charge >= 0.3 is 0 Å². The van der Waals surface area contributed by atoms with Crippen molar-refractivity contribution in [1.29, 1.82) is 0 Å². The summed E-state index contributed by atoms with van der Waals surface area (Å²) in [6.07, 6.45) is 2.99. The summed E-state index contributed by atoms with van der Waals surface area (Å²) < 4.78 is 0. The predicted molar refractivity (Wildman–Crippen MR) is 121 cm³/mol. The summed E-state index contributed by atoms with van der Waals surface area (Å²) in [5.41, 5.74) is 3.14. The van der Waals surface area contributed by atoms with E-state index in [1.165, 1.54) is 5.56 Å². The minimum atomic E-state index is -0.0245. The van der Waals surface area contributed by atoms with Crippen molar-refractivity contribution in [3.8, 4) is 0 Å². The van der Waals surface area contributed by atoms with Gasteiger partial charge in [-0.1, -0.05) is 49.4 Å². The van der Waals surface area contributed by atoms with E-state index in [0.29, 0.717) is 18.2 Å². The van der Waals surface area contributed by atoms with Crippen LogP contribution in [0.4, 0.5) is 0 Å². The molecule has 2 aromatic rings. The quantitative estimate of drug-likeness (QED) is 0.446. The molecule has 2 rings (SSSR count). The van der Waals surface area contributed by atoms with Crippen LogP contribution in [0.1, 0.15) is 55.1 Å². The Morgan fingerprint density at radius 1 is 0.931 bits per heavy atom. The highest BCUT2D eigenvalue weighted by atomic mass is 16.1. The number of nitrogens with zero attached hydrogens (tertiary/aromatic N) is 1. The van der Waals surface area contributed by atoms with Crippen LogP contribution in [-0.2, 0) is 13.0 Å². The minimum absolute atomic E-state index is 0.0245. The van der Waals surface area contributed by atoms with Crippen molar-refractivity contribution in [2.75, 3.05) is 7.05 Å². The Kier molecular flexibility index (Phi) is 9.22. The smallest absolute Gasteiger partial charge is 0.251 e. The maximum absolute atomic E-state index is 12.2. The third-order valence-electron chi connectivity index (χ3n) is 4.98. The molecule has 2 unspecified atom stereocenters. The standard InChI is InChI=1S/C24H34N4O/c1-5-18(2)27-23(29)22-15-13-21(14-16-22)17-26-24(25-4)28-19(3)11-12-20-9-7-6-8-10-20/h6-10,13-16,18-19H,5,11-12,17H2,1-4H3,(H,27,29)(H2,25,26,28). The van der Waals surface area contributed by atoms with Gasteiger partial charge in [0.2, 0.25) is 0 Å². The van der Waals surface area contributed by atoms with Crippen LogP contribution in [0.25, 0.3) is 0 Å². The molecule has 2 atom stereocenters. The fourth-order valence-electron chi connectivity index (χ4n) is 2.90. The number of benzene rings is 2. The third-order valence-corrected chi connectivity index (χ3v) is 4.98. The van der Waals surface area contributed by atoms with Gasteiger partial charge in [0.1, 0.15) is 0 Å². The summed E-state index contributed by atoms with van der Waals surface area (Å²) >= 11 is 0. The second kappa shape index (κ2) is 11.9. The zero-order valence-electron chi connectivity index (χ0n) is 18.0. The maximum Gasteiger partial charge on any atom is 0.251 e. The summed E-state index contributed by atoms with van der Waals surface area (Å²) in [4.78, 5) is 16.5. The van der Waals surface area contributed by atoms with Gasteiger partial charge in [-0.3, -0.25) is 9.79 Å². The van der Waals surface area contributed by atoms with Crippen molar-refractivity contribution in [1.82, 2.24) is 16.0 Å². The second-order valence-corrected chi connectivity index (χ2v) is 7.48. The molecule has 156 valence electrons. The first-order valence-electron chi connectivity index (χ1n) is 10.4. The van der Waals surface area contributed by atoms with Crippen LogP contribution in [0, 0.1) is 0 Å². The summed E-state index contributed by atoms with van der Waals surface area (Å²) in [5.74, 6) is 0.757. The molecule has 0 radical (unpaired) electrons. The minimum Gasteiger partial charge on any atom is -0.354 e. The lowest BCUT2D eigenvalue weighted by atomic mass is 10.1. The molecular formula is C24H34N4O. The van der Waals surface area contributed by atoms with E-state index < -0.39 is 0 Å². The second-order valence-electron chi connectivity index (χ2n) is 7.48. The Morgan fingerprint density at radius 3 is 2.24 bits per heavy atom. The van der Waals surface area contributed by atoms with Gasteiger partial charge in [-0.05, 0) is 56.4 Å². The molecule has 0 aliphatic heterocycles.